The summed E-state index contributed by atoms with van der Waals surface area (Å²) in [6.45, 7) is 1.38. The Bertz CT molecular complexity index is 2470. The lowest BCUT2D eigenvalue weighted by Gasteiger charge is -2.09. The molecule has 15 nitrogen and oxygen atoms in total. The fourth-order valence-corrected chi connectivity index (χ4v) is 5.20. The van der Waals surface area contributed by atoms with Crippen LogP contribution >= 0.6 is 0 Å². The highest BCUT2D eigenvalue weighted by Gasteiger charge is 2.07. The number of fused-ring (bicyclic) bond motifs is 2. The number of methoxy groups -OCH3 is 1. The highest BCUT2D eigenvalue weighted by atomic mass is 19.1. The molecule has 8 rings (SSSR count). The summed E-state index contributed by atoms with van der Waals surface area (Å²) in [5.74, 6) is 3.31. The zero-order valence-corrected chi connectivity index (χ0v) is 29.5. The van der Waals surface area contributed by atoms with Crippen LogP contribution in [0.5, 0.6) is 29.1 Å². The lowest BCUT2D eigenvalue weighted by Crippen LogP contribution is -2.08. The minimum atomic E-state index is -0.572. The van der Waals surface area contributed by atoms with Crippen LogP contribution < -0.4 is 24.8 Å². The van der Waals surface area contributed by atoms with Gasteiger partial charge in [0.1, 0.15) is 35.2 Å². The predicted octanol–water partition coefficient (Wildman–Crippen LogP) is 6.67. The van der Waals surface area contributed by atoms with Crippen LogP contribution in [0, 0.1) is 5.95 Å². The number of pyridine rings is 2. The summed E-state index contributed by atoms with van der Waals surface area (Å²) in [5.41, 5.74) is 4.73. The molecule has 0 unspecified atom stereocenters. The van der Waals surface area contributed by atoms with Crippen LogP contribution in [0.4, 0.5) is 16.0 Å². The van der Waals surface area contributed by atoms with E-state index in [1.165, 1.54) is 24.3 Å². The Balaban J connectivity index is 0.000000169. The first-order valence-corrected chi connectivity index (χ1v) is 17.1. The second-order valence-electron chi connectivity index (χ2n) is 11.6. The van der Waals surface area contributed by atoms with Crippen molar-refractivity contribution in [3.8, 4) is 29.1 Å². The normalized spacial score (nSPS) is 10.7. The highest BCUT2D eigenvalue weighted by molar-refractivity contribution is 5.82. The zero-order valence-electron chi connectivity index (χ0n) is 29.5. The van der Waals surface area contributed by atoms with E-state index >= 15 is 0 Å². The largest absolute Gasteiger partial charge is 0.481 e. The SMILES string of the molecule is COc1cccc(Oc2ccc(CCNc3ncnc4nccnc34)cc2)n1.Fc1cccc(Oc2ccc(CCNc3ncnc4nccnc34)cc2)n1. The van der Waals surface area contributed by atoms with E-state index < -0.39 is 5.95 Å². The van der Waals surface area contributed by atoms with Gasteiger partial charge in [0, 0.05) is 56.1 Å². The van der Waals surface area contributed by atoms with Crippen molar-refractivity contribution in [2.45, 2.75) is 12.8 Å². The molecule has 0 aliphatic carbocycles. The molecule has 0 spiro atoms. The molecule has 6 aromatic heterocycles. The molecule has 2 N–H and O–H groups in total. The van der Waals surface area contributed by atoms with Gasteiger partial charge in [-0.05, 0) is 54.3 Å². The Morgan fingerprint density at radius 1 is 0.509 bits per heavy atom. The Morgan fingerprint density at radius 3 is 1.49 bits per heavy atom. The number of nitrogens with zero attached hydrogens (tertiary/aromatic N) is 10. The topological polar surface area (TPSA) is 181 Å². The summed E-state index contributed by atoms with van der Waals surface area (Å²) < 4.78 is 29.5. The predicted molar refractivity (Wildman–Crippen MR) is 203 cm³/mol. The van der Waals surface area contributed by atoms with Crippen molar-refractivity contribution in [1.29, 1.82) is 0 Å². The van der Waals surface area contributed by atoms with Crippen molar-refractivity contribution < 1.29 is 18.6 Å². The molecule has 0 amide bonds. The van der Waals surface area contributed by atoms with Gasteiger partial charge in [0.05, 0.1) is 7.11 Å². The molecule has 0 saturated carbocycles. The number of nitrogens with one attached hydrogen (secondary N) is 2. The second-order valence-corrected chi connectivity index (χ2v) is 11.6. The first-order chi connectivity index (χ1) is 27.1. The summed E-state index contributed by atoms with van der Waals surface area (Å²) in [4.78, 5) is 41.5. The van der Waals surface area contributed by atoms with Gasteiger partial charge in [0.25, 0.3) is 0 Å². The molecule has 6 heterocycles. The molecular weight excluding hydrogens is 704 g/mol. The van der Waals surface area contributed by atoms with E-state index in [0.717, 1.165) is 24.2 Å². The molecule has 8 aromatic rings. The minimum absolute atomic E-state index is 0.223. The number of benzene rings is 2. The lowest BCUT2D eigenvalue weighted by molar-refractivity contribution is 0.383. The molecule has 0 atom stereocenters. The molecular formula is C39H33FN12O3. The summed E-state index contributed by atoms with van der Waals surface area (Å²) in [7, 11) is 1.58. The number of halogens is 1. The molecule has 0 saturated heterocycles. The van der Waals surface area contributed by atoms with Crippen LogP contribution in [0.15, 0.2) is 122 Å². The first-order valence-electron chi connectivity index (χ1n) is 17.1. The fourth-order valence-electron chi connectivity index (χ4n) is 5.20. The van der Waals surface area contributed by atoms with Gasteiger partial charge >= 0.3 is 0 Å². The lowest BCUT2D eigenvalue weighted by atomic mass is 10.1. The van der Waals surface area contributed by atoms with Crippen molar-refractivity contribution in [2.24, 2.45) is 0 Å². The van der Waals surface area contributed by atoms with Gasteiger partial charge in [-0.15, -0.1) is 0 Å². The van der Waals surface area contributed by atoms with Crippen molar-refractivity contribution >= 4 is 34.0 Å². The van der Waals surface area contributed by atoms with Crippen LogP contribution in [0.3, 0.4) is 0 Å². The third kappa shape index (κ3) is 9.89. The van der Waals surface area contributed by atoms with E-state index in [4.69, 9.17) is 14.2 Å². The van der Waals surface area contributed by atoms with Crippen molar-refractivity contribution in [3.63, 3.8) is 0 Å². The summed E-state index contributed by atoms with van der Waals surface area (Å²) in [5, 5.41) is 6.55. The number of anilines is 2. The third-order valence-corrected chi connectivity index (χ3v) is 7.84. The monoisotopic (exact) mass is 736 g/mol. The molecule has 2 aromatic carbocycles. The van der Waals surface area contributed by atoms with E-state index in [2.05, 4.69) is 60.5 Å². The van der Waals surface area contributed by atoms with Gasteiger partial charge in [-0.3, -0.25) is 0 Å². The summed E-state index contributed by atoms with van der Waals surface area (Å²) in [6.07, 6.45) is 11.0. The van der Waals surface area contributed by atoms with E-state index in [1.54, 1.807) is 56.2 Å². The van der Waals surface area contributed by atoms with Gasteiger partial charge in [0.15, 0.2) is 22.9 Å². The minimum Gasteiger partial charge on any atom is -0.481 e. The molecule has 0 radical (unpaired) electrons. The van der Waals surface area contributed by atoms with Gasteiger partial charge in [0.2, 0.25) is 23.6 Å². The Hall–Kier alpha value is -7.49. The molecule has 274 valence electrons. The highest BCUT2D eigenvalue weighted by Crippen LogP contribution is 2.23. The van der Waals surface area contributed by atoms with Crippen LogP contribution in [0.25, 0.3) is 22.3 Å². The van der Waals surface area contributed by atoms with Gasteiger partial charge in [-0.1, -0.05) is 36.4 Å². The zero-order chi connectivity index (χ0) is 37.7. The van der Waals surface area contributed by atoms with Crippen molar-refractivity contribution in [2.75, 3.05) is 30.8 Å². The molecule has 0 bridgehead atoms. The second kappa shape index (κ2) is 17.8. The maximum Gasteiger partial charge on any atom is 0.222 e. The molecule has 55 heavy (non-hydrogen) atoms. The van der Waals surface area contributed by atoms with Gasteiger partial charge in [-0.2, -0.15) is 14.4 Å². The number of rotatable bonds is 13. The number of hydrogen-bond acceptors (Lipinski definition) is 15. The molecule has 16 heteroatoms. The maximum atomic E-state index is 13.1. The average molecular weight is 737 g/mol. The van der Waals surface area contributed by atoms with E-state index in [-0.39, 0.29) is 5.88 Å². The Kier molecular flexibility index (Phi) is 11.6. The smallest absolute Gasteiger partial charge is 0.222 e. The quantitative estimate of drug-likeness (QED) is 0.120. The molecule has 0 fully saturated rings. The number of ether oxygens (including phenoxy) is 3. The van der Waals surface area contributed by atoms with Gasteiger partial charge in [-0.25, -0.2) is 39.9 Å². The fraction of sp³-hybridized carbons (Fsp3) is 0.128. The first kappa shape index (κ1) is 35.9. The van der Waals surface area contributed by atoms with E-state index in [9.17, 15) is 4.39 Å². The van der Waals surface area contributed by atoms with Crippen LogP contribution in [-0.4, -0.2) is 70.0 Å². The third-order valence-electron chi connectivity index (χ3n) is 7.84. The molecule has 0 aliphatic rings. The van der Waals surface area contributed by atoms with E-state index in [0.29, 0.717) is 64.6 Å². The Morgan fingerprint density at radius 2 is 0.982 bits per heavy atom. The average Bonchev–Trinajstić information content (AvgIpc) is 3.23. The van der Waals surface area contributed by atoms with Crippen molar-refractivity contribution in [3.05, 3.63) is 139 Å². The van der Waals surface area contributed by atoms with Crippen LogP contribution in [0.2, 0.25) is 0 Å². The summed E-state index contributed by atoms with van der Waals surface area (Å²) in [6, 6.07) is 25.3. The van der Waals surface area contributed by atoms with Crippen molar-refractivity contribution in [1.82, 2.24) is 49.8 Å². The number of hydrogen-bond donors (Lipinski definition) is 2. The van der Waals surface area contributed by atoms with E-state index in [1.807, 2.05) is 54.6 Å². The standard InChI is InChI=1S/C20H18N6O2.C19H15FN6O/c1-27-16-3-2-4-17(26-16)28-15-7-5-14(6-8-15)9-10-22-19-18-20(25-13-24-19)23-12-11-21-18;20-15-2-1-3-16(26-15)27-14-6-4-13(5-7-14)8-9-22-18-17-19(25-12-24-18)23-11-10-21-17/h2-8,11-13H,9-10H2,1H3,(H,22,23,24,25);1-7,10-12H,8-9H2,(H,22,23,24,25). The summed E-state index contributed by atoms with van der Waals surface area (Å²) >= 11 is 0. The molecule has 0 aliphatic heterocycles. The number of aromatic nitrogens is 10. The van der Waals surface area contributed by atoms with Gasteiger partial charge < -0.3 is 24.8 Å². The Labute approximate surface area is 314 Å². The van der Waals surface area contributed by atoms with Crippen LogP contribution in [0.1, 0.15) is 11.1 Å². The van der Waals surface area contributed by atoms with Crippen LogP contribution in [-0.2, 0) is 12.8 Å². The maximum absolute atomic E-state index is 13.1.